The number of aromatic nitrogens is 6. The fraction of sp³-hybridized carbons (Fsp3) is 0.479. The lowest BCUT2D eigenvalue weighted by Gasteiger charge is -2.37. The number of nitrogens with one attached hydrogen (secondary N) is 6. The summed E-state index contributed by atoms with van der Waals surface area (Å²) < 4.78 is 94.4. The molecule has 13 rings (SSSR count). The van der Waals surface area contributed by atoms with Crippen LogP contribution in [0.2, 0.25) is 0 Å². The van der Waals surface area contributed by atoms with Crippen LogP contribution in [0.3, 0.4) is 0 Å². The number of aliphatic hydroxyl groups is 1. The number of nitrogens with zero attached hydrogens (tertiary/aromatic N) is 5. The second-order valence-corrected chi connectivity index (χ2v) is 29.8. The minimum atomic E-state index is -4.30. The van der Waals surface area contributed by atoms with Gasteiger partial charge in [0.25, 0.3) is 11.5 Å². The van der Waals surface area contributed by atoms with Crippen molar-refractivity contribution in [2.45, 2.75) is 166 Å². The number of fused-ring (bicyclic) bond motifs is 6. The lowest BCUT2D eigenvalue weighted by atomic mass is 9.95. The van der Waals surface area contributed by atoms with Crippen molar-refractivity contribution in [3.05, 3.63) is 147 Å². The van der Waals surface area contributed by atoms with E-state index in [4.69, 9.17) is 38.0 Å². The Labute approximate surface area is 579 Å². The van der Waals surface area contributed by atoms with Crippen molar-refractivity contribution in [2.75, 3.05) is 27.4 Å². The first-order valence-electron chi connectivity index (χ1n) is 33.8. The van der Waals surface area contributed by atoms with Crippen molar-refractivity contribution in [3.63, 3.8) is 0 Å². The van der Waals surface area contributed by atoms with Crippen LogP contribution in [0.25, 0.3) is 44.5 Å². The molecule has 5 fully saturated rings. The van der Waals surface area contributed by atoms with Gasteiger partial charge in [-0.3, -0.25) is 33.3 Å². The van der Waals surface area contributed by atoms with Crippen LogP contribution in [0.15, 0.2) is 113 Å². The number of hydrogen-bond donors (Lipinski definition) is 7. The van der Waals surface area contributed by atoms with Gasteiger partial charge in [-0.2, -0.15) is 13.9 Å². The van der Waals surface area contributed by atoms with Crippen LogP contribution < -0.4 is 31.5 Å². The highest BCUT2D eigenvalue weighted by Gasteiger charge is 2.58. The highest BCUT2D eigenvalue weighted by Crippen LogP contribution is 2.59. The first-order valence-corrected chi connectivity index (χ1v) is 35.3. The monoisotopic (exact) mass is 1420 g/mol. The molecule has 3 aliphatic heterocycles. The average molecular weight is 1420 g/mol. The molecular formula is C71H83F3N11O15P. The first kappa shape index (κ1) is 71.7. The molecule has 30 heteroatoms. The number of likely N-dealkylation sites (tertiary alicyclic amines) is 2. The topological polar surface area (TPSA) is 333 Å². The van der Waals surface area contributed by atoms with Gasteiger partial charge in [0.2, 0.25) is 11.8 Å². The third kappa shape index (κ3) is 14.3. The van der Waals surface area contributed by atoms with Crippen LogP contribution in [0.1, 0.15) is 135 Å². The number of rotatable bonds is 20. The molecule has 7 aromatic rings. The van der Waals surface area contributed by atoms with Gasteiger partial charge in [-0.15, -0.1) is 0 Å². The third-order valence-electron chi connectivity index (χ3n) is 20.0. The normalized spacial score (nSPS) is 24.1. The Morgan fingerprint density at radius 2 is 1.42 bits per heavy atom. The lowest BCUT2D eigenvalue weighted by Crippen LogP contribution is -2.54. The van der Waals surface area contributed by atoms with E-state index in [1.54, 1.807) is 61.3 Å². The Morgan fingerprint density at radius 1 is 0.782 bits per heavy atom. The summed E-state index contributed by atoms with van der Waals surface area (Å²) in [5, 5.41) is 18.5. The maximum Gasteiger partial charge on any atom is 0.459 e. The fourth-order valence-corrected chi connectivity index (χ4v) is 16.0. The first-order chi connectivity index (χ1) is 47.9. The molecule has 4 amide bonds. The van der Waals surface area contributed by atoms with E-state index in [0.29, 0.717) is 51.7 Å². The summed E-state index contributed by atoms with van der Waals surface area (Å²) in [7, 11) is -1.76. The Morgan fingerprint density at radius 3 is 2.05 bits per heavy atom. The van der Waals surface area contributed by atoms with E-state index in [1.165, 1.54) is 39.3 Å². The number of imidazole rings is 2. The summed E-state index contributed by atoms with van der Waals surface area (Å²) in [6.07, 6.45) is 1.54. The summed E-state index contributed by atoms with van der Waals surface area (Å²) in [5.74, 6) is -3.09. The number of H-pyrrole nitrogens is 3. The summed E-state index contributed by atoms with van der Waals surface area (Å²) in [5.41, 5.74) is 0.565. The second-order valence-electron chi connectivity index (χ2n) is 28.1. The number of para-hydroxylation sites is 1. The number of aromatic amines is 3. The molecule has 6 heterocycles. The van der Waals surface area contributed by atoms with E-state index >= 15 is 13.2 Å². The van der Waals surface area contributed by atoms with Crippen LogP contribution in [-0.2, 0) is 48.3 Å². The molecule has 7 N–H and O–H groups in total. The predicted molar refractivity (Wildman–Crippen MR) is 363 cm³/mol. The van der Waals surface area contributed by atoms with Gasteiger partial charge in [-0.25, -0.2) is 33.3 Å². The van der Waals surface area contributed by atoms with Gasteiger partial charge in [0, 0.05) is 41.5 Å². The molecule has 6 aliphatic rings. The number of benzene rings is 4. The van der Waals surface area contributed by atoms with Gasteiger partial charge >= 0.3 is 31.6 Å². The van der Waals surface area contributed by atoms with Crippen molar-refractivity contribution in [2.24, 2.45) is 23.2 Å². The Balaban J connectivity index is 0.000000227. The highest BCUT2D eigenvalue weighted by molar-refractivity contribution is 7.52. The molecule has 3 saturated heterocycles. The number of halogens is 3. The summed E-state index contributed by atoms with van der Waals surface area (Å²) in [4.78, 5) is 110. The fourth-order valence-electron chi connectivity index (χ4n) is 14.5. The maximum atomic E-state index is 16.7. The van der Waals surface area contributed by atoms with Crippen LogP contribution in [0, 0.1) is 23.2 Å². The summed E-state index contributed by atoms with van der Waals surface area (Å²) in [6.45, 7) is 13.2. The second kappa shape index (κ2) is 28.0. The van der Waals surface area contributed by atoms with E-state index in [-0.39, 0.29) is 70.0 Å². The predicted octanol–water partition coefficient (Wildman–Crippen LogP) is 10.3. The zero-order valence-corrected chi connectivity index (χ0v) is 58.4. The number of esters is 1. The quantitative estimate of drug-likeness (QED) is 0.0212. The number of carbonyl (C=O) groups excluding carboxylic acids is 5. The number of piperidine rings is 1. The van der Waals surface area contributed by atoms with Gasteiger partial charge in [0.1, 0.15) is 47.7 Å². The van der Waals surface area contributed by atoms with Crippen molar-refractivity contribution in [1.82, 2.24) is 55.0 Å². The molecule has 538 valence electrons. The maximum absolute atomic E-state index is 16.7. The molecule has 3 aromatic heterocycles. The van der Waals surface area contributed by atoms with Gasteiger partial charge in [-0.05, 0) is 148 Å². The van der Waals surface area contributed by atoms with E-state index in [0.717, 1.165) is 73.4 Å². The minimum Gasteiger partial charge on any atom is -0.462 e. The van der Waals surface area contributed by atoms with Crippen molar-refractivity contribution in [1.29, 1.82) is 0 Å². The average Bonchev–Trinajstić information content (AvgIpc) is 1.59. The van der Waals surface area contributed by atoms with Crippen LogP contribution in [0.4, 0.5) is 22.8 Å². The number of methoxy groups -OCH3 is 2. The molecule has 2 bridgehead atoms. The molecular weight excluding hydrogens is 1330 g/mol. The molecule has 3 aliphatic carbocycles. The van der Waals surface area contributed by atoms with E-state index < -0.39 is 98.0 Å². The molecule has 101 heavy (non-hydrogen) atoms. The van der Waals surface area contributed by atoms with Crippen molar-refractivity contribution < 1.29 is 74.8 Å². The molecule has 12 atom stereocenters. The van der Waals surface area contributed by atoms with Crippen LogP contribution >= 0.6 is 7.75 Å². The number of ether oxygens (including phenoxy) is 4. The van der Waals surface area contributed by atoms with E-state index in [2.05, 4.69) is 25.7 Å². The standard InChI is InChI=1S/C49H54F2N8O6.C22H29FN3O9P/c1-24(2)39(56-46(62)64-5)44(60)58-23-48(15-16-48)21-38(58)42-52-22-37(55-42)28-9-13-32-31-12-8-26(18-33(31)49(50,51)34(32)19-28)27-10-14-35-36(20-27)54-43(53-35)41-29-7-11-30(17-29)59(41)45(61)40(25(3)4)57-47(63)65-6;1-13(2)33-19(29)14(3)25-36(31,35-15-8-6-5-7-9-15)32-12-16-18(28)22(4,23)20(34-16)26-11-10-17(27)24-21(26)30/h8-10,12-14,18-20,22,24-25,29-30,38-41H,7,11,15-17,21,23H2,1-6H3,(H,52,55)(H,53,54)(H,56,62)(H,57,63);5-11,13-14,16,18,20,28H,12H2,1-4H3,(H,25,31)(H,24,27,30)/t29-,30+,38-,39-,40-,41-;14-,16+,18+,20+,22+,36?/m00/s1. The van der Waals surface area contributed by atoms with E-state index in [1.807, 2.05) is 67.9 Å². The summed E-state index contributed by atoms with van der Waals surface area (Å²) in [6, 6.07) is 21.7. The molecule has 26 nitrogen and oxygen atoms in total. The van der Waals surface area contributed by atoms with Gasteiger partial charge in [0.05, 0.1) is 61.9 Å². The molecule has 1 unspecified atom stereocenters. The SMILES string of the molecule is CC(C)OC(=O)[C@H](C)NP(=O)(OC[C@H]1O[C@@H](n2ccc(=O)[nH]c2=O)[C@](C)(F)[C@@H]1O)Oc1ccccc1.COC(=O)N[C@H](C(=O)N1CC2(CC2)C[C@H]1c1ncc(-c2ccc3c(c2)C(F)(F)c2cc(-c4ccc5nc([C@@H]6[C@H]7CC[C@H](C7)N6C(=O)[C@@H](NC(=O)OC)C(C)C)[nH]c5c4)ccc2-3)[nH]1)C(C)C. The zero-order valence-electron chi connectivity index (χ0n) is 57.5. The number of alkyl carbamates (subject to hydrolysis) is 2. The third-order valence-corrected chi connectivity index (χ3v) is 21.6. The molecule has 0 radical (unpaired) electrons. The molecule has 1 spiro atoms. The minimum absolute atomic E-state index is 0.0102. The highest BCUT2D eigenvalue weighted by atomic mass is 31.2. The van der Waals surface area contributed by atoms with Crippen LogP contribution in [-0.4, -0.2) is 150 Å². The molecule has 4 aromatic carbocycles. The largest absolute Gasteiger partial charge is 0.462 e. The van der Waals surface area contributed by atoms with Crippen LogP contribution in [0.5, 0.6) is 5.75 Å². The number of amides is 4. The van der Waals surface area contributed by atoms with Gasteiger partial charge in [0.15, 0.2) is 11.9 Å². The Kier molecular flexibility index (Phi) is 19.9. The van der Waals surface area contributed by atoms with Gasteiger partial charge in [-0.1, -0.05) is 76.2 Å². The van der Waals surface area contributed by atoms with E-state index in [9.17, 15) is 43.2 Å². The molecule has 2 saturated carbocycles. The summed E-state index contributed by atoms with van der Waals surface area (Å²) >= 11 is 0. The smallest absolute Gasteiger partial charge is 0.459 e. The van der Waals surface area contributed by atoms with Crippen molar-refractivity contribution >= 4 is 48.8 Å². The number of hydrogen-bond acceptors (Lipinski definition) is 17. The van der Waals surface area contributed by atoms with Gasteiger partial charge < -0.3 is 59.0 Å². The zero-order chi connectivity index (χ0) is 72.4. The number of carbonyl (C=O) groups is 5. The number of aliphatic hydroxyl groups excluding tert-OH is 1. The van der Waals surface area contributed by atoms with Crippen molar-refractivity contribution in [3.8, 4) is 39.3 Å². The Hall–Kier alpha value is -9.15. The Bertz CT molecular complexity index is 4480. The number of alkyl halides is 3. The lowest BCUT2D eigenvalue weighted by molar-refractivity contribution is -0.149.